The fraction of sp³-hybridized carbons (Fsp3) is 0.667. The van der Waals surface area contributed by atoms with Crippen molar-refractivity contribution in [3.05, 3.63) is 5.32 Å². The molecule has 2 nitrogen and oxygen atoms in total. The summed E-state index contributed by atoms with van der Waals surface area (Å²) in [6, 6.07) is 0. The van der Waals surface area contributed by atoms with Crippen LogP contribution in [0.4, 0.5) is 0 Å². The molecule has 0 aliphatic carbocycles. The van der Waals surface area contributed by atoms with Crippen molar-refractivity contribution in [3.8, 4) is 0 Å². The Balaban J connectivity index is 2.40. The molecule has 0 bridgehead atoms. The van der Waals surface area contributed by atoms with Crippen molar-refractivity contribution < 1.29 is 4.79 Å². The van der Waals surface area contributed by atoms with Gasteiger partial charge in [0.25, 0.3) is 0 Å². The maximum atomic E-state index is 9.31. The van der Waals surface area contributed by atoms with Gasteiger partial charge < -0.3 is 10.1 Å². The second-order valence-corrected chi connectivity index (χ2v) is 0.665. The van der Waals surface area contributed by atoms with E-state index in [0.29, 0.717) is 6.54 Å². The van der Waals surface area contributed by atoms with Crippen molar-refractivity contribution in [2.24, 2.45) is 0 Å². The zero-order valence-electron chi connectivity index (χ0n) is 3.14. The minimum atomic E-state index is 0.333. The van der Waals surface area contributed by atoms with E-state index in [2.05, 4.69) is 5.32 Å². The normalized spacial score (nSPS) is 7.40. The molecule has 0 aliphatic heterocycles. The number of nitrogens with zero attached hydrogens (tertiary/aromatic N) is 1. The van der Waals surface area contributed by atoms with E-state index in [9.17, 15) is 4.79 Å². The molecule has 0 amide bonds. The summed E-state index contributed by atoms with van der Waals surface area (Å²) in [7, 11) is 1.61. The summed E-state index contributed by atoms with van der Waals surface area (Å²) in [5.74, 6) is 0. The molecule has 0 saturated heterocycles. The van der Waals surface area contributed by atoms with Crippen LogP contribution in [0.15, 0.2) is 0 Å². The van der Waals surface area contributed by atoms with Gasteiger partial charge in [-0.3, -0.25) is 0 Å². The maximum absolute atomic E-state index is 9.31. The minimum Gasteiger partial charge on any atom is -0.659 e. The van der Waals surface area contributed by atoms with Crippen LogP contribution >= 0.6 is 0 Å². The summed E-state index contributed by atoms with van der Waals surface area (Å²) in [6.07, 6.45) is 0.764. The molecule has 5 heavy (non-hydrogen) atoms. The lowest BCUT2D eigenvalue weighted by molar-refractivity contribution is -0.106. The number of likely N-dealkylation sites (N-methyl/N-ethyl adjacent to an activating group) is 1. The molecule has 0 heterocycles. The molecule has 0 atom stereocenters. The van der Waals surface area contributed by atoms with Gasteiger partial charge >= 0.3 is 0 Å². The van der Waals surface area contributed by atoms with Crippen LogP contribution < -0.4 is 0 Å². The third kappa shape index (κ3) is 3.63. The number of rotatable bonds is 2. The van der Waals surface area contributed by atoms with E-state index in [-0.39, 0.29) is 0 Å². The van der Waals surface area contributed by atoms with Gasteiger partial charge in [-0.05, 0) is 0 Å². The first-order chi connectivity index (χ1) is 2.41. The zero-order chi connectivity index (χ0) is 4.12. The van der Waals surface area contributed by atoms with E-state index in [1.165, 1.54) is 0 Å². The Labute approximate surface area is 31.2 Å². The second-order valence-electron chi connectivity index (χ2n) is 0.665. The average Bonchev–Trinajstić information content (AvgIpc) is 1.41. The van der Waals surface area contributed by atoms with Gasteiger partial charge in [0.15, 0.2) is 0 Å². The highest BCUT2D eigenvalue weighted by molar-refractivity contribution is 5.54. The fourth-order valence-corrected chi connectivity index (χ4v) is 0.0745. The zero-order valence-corrected chi connectivity index (χ0v) is 3.14. The predicted octanol–water partition coefficient (Wildman–Crippen LogP) is 0.189. The Morgan fingerprint density at radius 1 is 2.00 bits per heavy atom. The SMILES string of the molecule is C[N-]CC=O. The van der Waals surface area contributed by atoms with E-state index < -0.39 is 0 Å². The number of carbonyl (C=O) groups excluding carboxylic acids is 1. The second kappa shape index (κ2) is 3.63. The monoisotopic (exact) mass is 72.0 g/mol. The third-order valence-corrected chi connectivity index (χ3v) is 0.257. The highest BCUT2D eigenvalue weighted by Gasteiger charge is 1.48. The Morgan fingerprint density at radius 2 is 2.60 bits per heavy atom. The van der Waals surface area contributed by atoms with Crippen molar-refractivity contribution in [3.63, 3.8) is 0 Å². The molecule has 0 aromatic carbocycles. The Bertz CT molecular complexity index is 28.1. The van der Waals surface area contributed by atoms with Gasteiger partial charge in [0, 0.05) is 0 Å². The molecule has 0 spiro atoms. The van der Waals surface area contributed by atoms with Gasteiger partial charge in [-0.25, -0.2) is 0 Å². The molecule has 0 aromatic heterocycles. The van der Waals surface area contributed by atoms with Gasteiger partial charge in [-0.1, -0.05) is 6.54 Å². The van der Waals surface area contributed by atoms with Gasteiger partial charge in [-0.2, -0.15) is 7.05 Å². The smallest absolute Gasteiger partial charge is 0.0990 e. The summed E-state index contributed by atoms with van der Waals surface area (Å²) in [4.78, 5) is 9.31. The first-order valence-electron chi connectivity index (χ1n) is 1.41. The minimum absolute atomic E-state index is 0.333. The lowest BCUT2D eigenvalue weighted by atomic mass is 10.7. The summed E-state index contributed by atoms with van der Waals surface area (Å²) in [5, 5.41) is 3.49. The van der Waals surface area contributed by atoms with E-state index in [1.54, 1.807) is 7.05 Å². The largest absolute Gasteiger partial charge is 0.659 e. The van der Waals surface area contributed by atoms with Crippen LogP contribution in [-0.4, -0.2) is 19.9 Å². The van der Waals surface area contributed by atoms with E-state index in [4.69, 9.17) is 0 Å². The number of hydrogen-bond acceptors (Lipinski definition) is 1. The summed E-state index contributed by atoms with van der Waals surface area (Å²) in [5.41, 5.74) is 0. The third-order valence-electron chi connectivity index (χ3n) is 0.257. The molecule has 30 valence electrons. The molecule has 0 aliphatic rings. The van der Waals surface area contributed by atoms with Crippen molar-refractivity contribution in [2.75, 3.05) is 13.6 Å². The van der Waals surface area contributed by atoms with Gasteiger partial charge in [-0.15, -0.1) is 0 Å². The first-order valence-corrected chi connectivity index (χ1v) is 1.41. The Hall–Kier alpha value is -0.370. The maximum Gasteiger partial charge on any atom is 0.0990 e. The number of carbonyl (C=O) groups is 1. The van der Waals surface area contributed by atoms with Gasteiger partial charge in [0.05, 0.1) is 6.29 Å². The quantitative estimate of drug-likeness (QED) is 0.428. The van der Waals surface area contributed by atoms with Crippen LogP contribution in [-0.2, 0) is 4.79 Å². The highest BCUT2D eigenvalue weighted by atomic mass is 16.1. The molecule has 2 heteroatoms. The van der Waals surface area contributed by atoms with Gasteiger partial charge in [0.1, 0.15) is 0 Å². The highest BCUT2D eigenvalue weighted by Crippen LogP contribution is 1.64. The van der Waals surface area contributed by atoms with Crippen molar-refractivity contribution in [2.45, 2.75) is 0 Å². The van der Waals surface area contributed by atoms with Crippen LogP contribution in [0, 0.1) is 0 Å². The van der Waals surface area contributed by atoms with Crippen molar-refractivity contribution in [1.29, 1.82) is 0 Å². The van der Waals surface area contributed by atoms with E-state index >= 15 is 0 Å². The summed E-state index contributed by atoms with van der Waals surface area (Å²) in [6.45, 7) is 0.333. The first kappa shape index (κ1) is 4.63. The van der Waals surface area contributed by atoms with E-state index in [0.717, 1.165) is 6.29 Å². The van der Waals surface area contributed by atoms with Crippen LogP contribution in [0.25, 0.3) is 5.32 Å². The Kier molecular flexibility index (Phi) is 3.36. The molecule has 0 rings (SSSR count). The van der Waals surface area contributed by atoms with E-state index in [1.807, 2.05) is 0 Å². The van der Waals surface area contributed by atoms with Crippen LogP contribution in [0.3, 0.4) is 0 Å². The molecular weight excluding hydrogens is 66.0 g/mol. The molecule has 0 unspecified atom stereocenters. The summed E-state index contributed by atoms with van der Waals surface area (Å²) < 4.78 is 0. The lowest BCUT2D eigenvalue weighted by Gasteiger charge is -1.97. The van der Waals surface area contributed by atoms with Crippen LogP contribution in [0.5, 0.6) is 0 Å². The Morgan fingerprint density at radius 3 is 2.60 bits per heavy atom. The van der Waals surface area contributed by atoms with Gasteiger partial charge in [0.2, 0.25) is 0 Å². The topological polar surface area (TPSA) is 31.2 Å². The number of hydrogen-bond donors (Lipinski definition) is 0. The molecule has 0 saturated carbocycles. The molecule has 0 fully saturated rings. The summed E-state index contributed by atoms with van der Waals surface area (Å²) >= 11 is 0. The lowest BCUT2D eigenvalue weighted by Crippen LogP contribution is -1.76. The predicted molar refractivity (Wildman–Crippen MR) is 20.2 cm³/mol. The van der Waals surface area contributed by atoms with Crippen LogP contribution in [0.1, 0.15) is 0 Å². The average molecular weight is 72.1 g/mol. The molecule has 0 N–H and O–H groups in total. The number of aldehydes is 1. The standard InChI is InChI=1S/C3H6NO/c1-4-2-3-5/h3H,2H2,1H3/q-1. The van der Waals surface area contributed by atoms with Crippen molar-refractivity contribution in [1.82, 2.24) is 0 Å². The molecule has 0 aromatic rings. The van der Waals surface area contributed by atoms with Crippen LogP contribution in [0.2, 0.25) is 0 Å². The molecule has 0 radical (unpaired) electrons. The molecular formula is C3H6NO-. The fourth-order valence-electron chi connectivity index (χ4n) is 0.0745. The van der Waals surface area contributed by atoms with Crippen molar-refractivity contribution >= 4 is 6.29 Å².